The summed E-state index contributed by atoms with van der Waals surface area (Å²) in [7, 11) is 5.42. The van der Waals surface area contributed by atoms with Gasteiger partial charge in [0.2, 0.25) is 0 Å². The van der Waals surface area contributed by atoms with Gasteiger partial charge in [-0.05, 0) is 24.6 Å². The maximum Gasteiger partial charge on any atom is 0.528 e. The number of methoxy groups -OCH3 is 1. The zero-order valence-electron chi connectivity index (χ0n) is 16.5. The summed E-state index contributed by atoms with van der Waals surface area (Å²) in [5, 5.41) is -0.122. The van der Waals surface area contributed by atoms with Crippen LogP contribution in [0.5, 0.6) is 0 Å². The molecule has 1 aliphatic rings. The van der Waals surface area contributed by atoms with Crippen LogP contribution in [0.3, 0.4) is 0 Å². The van der Waals surface area contributed by atoms with Gasteiger partial charge in [0.05, 0.1) is 0 Å². The van der Waals surface area contributed by atoms with E-state index in [2.05, 4.69) is 13.5 Å². The van der Waals surface area contributed by atoms with Gasteiger partial charge in [-0.3, -0.25) is 0 Å². The fraction of sp³-hybridized carbons (Fsp3) is 0.875. The van der Waals surface area contributed by atoms with Crippen molar-refractivity contribution in [1.29, 1.82) is 0 Å². The summed E-state index contributed by atoms with van der Waals surface area (Å²) < 4.78 is 32.3. The van der Waals surface area contributed by atoms with Gasteiger partial charge in [-0.1, -0.05) is 32.8 Å². The Balaban J connectivity index is 0.000000506. The standard InChI is InChI=1S/C11H24O3Si.C5H12O3Si/c1-5-8-11(12-2)9-6-7-10-15(11,13-3)14-4;1-5-9(6-2,7-3)8-4/h5-10H2,1-4H3;5H,1H2,2-4H3. The lowest BCUT2D eigenvalue weighted by atomic mass is 10.1. The third-order valence-corrected chi connectivity index (χ3v) is 11.5. The molecule has 0 N–H and O–H groups in total. The maximum absolute atomic E-state index is 5.83. The van der Waals surface area contributed by atoms with Crippen molar-refractivity contribution in [1.82, 2.24) is 0 Å². The average Bonchev–Trinajstić information content (AvgIpc) is 2.65. The van der Waals surface area contributed by atoms with Gasteiger partial charge in [0.15, 0.2) is 0 Å². The number of hydrogen-bond acceptors (Lipinski definition) is 6. The van der Waals surface area contributed by atoms with Crippen LogP contribution in [0, 0.1) is 0 Å². The predicted molar refractivity (Wildman–Crippen MR) is 100 cm³/mol. The van der Waals surface area contributed by atoms with Crippen LogP contribution >= 0.6 is 0 Å². The zero-order valence-corrected chi connectivity index (χ0v) is 18.5. The first-order valence-corrected chi connectivity index (χ1v) is 12.2. The Kier molecular flexibility index (Phi) is 11.5. The van der Waals surface area contributed by atoms with E-state index < -0.39 is 17.4 Å². The number of hydrogen-bond donors (Lipinski definition) is 0. The highest BCUT2D eigenvalue weighted by Crippen LogP contribution is 2.42. The molecule has 0 aliphatic carbocycles. The predicted octanol–water partition coefficient (Wildman–Crippen LogP) is 3.22. The van der Waals surface area contributed by atoms with E-state index in [1.807, 2.05) is 0 Å². The van der Waals surface area contributed by atoms with Gasteiger partial charge in [-0.2, -0.15) is 0 Å². The van der Waals surface area contributed by atoms with E-state index in [0.717, 1.165) is 25.3 Å². The van der Waals surface area contributed by atoms with Crippen LogP contribution in [-0.2, 0) is 26.9 Å². The van der Waals surface area contributed by atoms with Gasteiger partial charge in [0.25, 0.3) is 0 Å². The first-order chi connectivity index (χ1) is 11.4. The van der Waals surface area contributed by atoms with E-state index in [-0.39, 0.29) is 5.22 Å². The van der Waals surface area contributed by atoms with Crippen LogP contribution in [-0.4, -0.2) is 65.2 Å². The molecule has 0 radical (unpaired) electrons. The third kappa shape index (κ3) is 5.21. The SMILES string of the molecule is C=C[Si](OC)(OC)OC.CCCC1(OC)CCCC[Si]1(OC)OC. The summed E-state index contributed by atoms with van der Waals surface area (Å²) in [6.45, 7) is 5.73. The zero-order chi connectivity index (χ0) is 18.7. The molecular formula is C16H36O6Si2. The van der Waals surface area contributed by atoms with E-state index in [4.69, 9.17) is 26.9 Å². The Morgan fingerprint density at radius 1 is 1.00 bits per heavy atom. The van der Waals surface area contributed by atoms with Crippen LogP contribution in [0.25, 0.3) is 0 Å². The van der Waals surface area contributed by atoms with Gasteiger partial charge in [-0.25, -0.2) is 0 Å². The normalized spacial score (nSPS) is 23.3. The van der Waals surface area contributed by atoms with Crippen LogP contribution in [0.2, 0.25) is 6.04 Å². The quantitative estimate of drug-likeness (QED) is 0.573. The van der Waals surface area contributed by atoms with Crippen molar-refractivity contribution in [3.63, 3.8) is 0 Å². The van der Waals surface area contributed by atoms with Crippen LogP contribution in [0.1, 0.15) is 39.0 Å². The van der Waals surface area contributed by atoms with E-state index >= 15 is 0 Å². The van der Waals surface area contributed by atoms with Crippen molar-refractivity contribution in [3.05, 3.63) is 12.3 Å². The molecule has 1 unspecified atom stereocenters. The van der Waals surface area contributed by atoms with Crippen molar-refractivity contribution in [2.75, 3.05) is 42.7 Å². The highest BCUT2D eigenvalue weighted by atomic mass is 28.4. The van der Waals surface area contributed by atoms with Crippen LogP contribution in [0.4, 0.5) is 0 Å². The highest BCUT2D eigenvalue weighted by molar-refractivity contribution is 6.70. The molecule has 8 heteroatoms. The van der Waals surface area contributed by atoms with Gasteiger partial charge >= 0.3 is 17.4 Å². The molecule has 0 spiro atoms. The van der Waals surface area contributed by atoms with Crippen molar-refractivity contribution in [2.45, 2.75) is 50.3 Å². The molecular weight excluding hydrogens is 344 g/mol. The summed E-state index contributed by atoms with van der Waals surface area (Å²) in [5.41, 5.74) is 1.58. The Labute approximate surface area is 150 Å². The molecule has 1 rings (SSSR count). The second-order valence-electron chi connectivity index (χ2n) is 5.74. The summed E-state index contributed by atoms with van der Waals surface area (Å²) in [5.74, 6) is 0. The molecule has 0 saturated carbocycles. The number of rotatable bonds is 9. The molecule has 1 saturated heterocycles. The molecule has 1 heterocycles. The summed E-state index contributed by atoms with van der Waals surface area (Å²) in [6.07, 6.45) is 5.70. The summed E-state index contributed by atoms with van der Waals surface area (Å²) in [6, 6.07) is 1.06. The maximum atomic E-state index is 5.83. The van der Waals surface area contributed by atoms with Gasteiger partial charge < -0.3 is 26.9 Å². The Hall–Kier alpha value is -0.0662. The molecule has 1 aliphatic heterocycles. The second-order valence-corrected chi connectivity index (χ2v) is 12.3. The first kappa shape index (κ1) is 23.9. The largest absolute Gasteiger partial charge is 0.528 e. The third-order valence-electron chi connectivity index (χ3n) is 4.84. The lowest BCUT2D eigenvalue weighted by Crippen LogP contribution is -2.64. The van der Waals surface area contributed by atoms with Crippen LogP contribution in [0.15, 0.2) is 12.3 Å². The molecule has 24 heavy (non-hydrogen) atoms. The molecule has 144 valence electrons. The Morgan fingerprint density at radius 3 is 1.83 bits per heavy atom. The minimum atomic E-state index is -2.43. The van der Waals surface area contributed by atoms with E-state index in [9.17, 15) is 0 Å². The minimum Gasteiger partial charge on any atom is -0.396 e. The first-order valence-electron chi connectivity index (χ1n) is 8.39. The highest BCUT2D eigenvalue weighted by Gasteiger charge is 2.58. The van der Waals surface area contributed by atoms with Gasteiger partial charge in [-0.15, -0.1) is 0 Å². The number of ether oxygens (including phenoxy) is 1. The van der Waals surface area contributed by atoms with E-state index in [1.165, 1.54) is 12.8 Å². The Morgan fingerprint density at radius 2 is 1.54 bits per heavy atom. The second kappa shape index (κ2) is 11.5. The van der Waals surface area contributed by atoms with E-state index in [1.54, 1.807) is 48.4 Å². The van der Waals surface area contributed by atoms with Crippen molar-refractivity contribution in [3.8, 4) is 0 Å². The Bertz CT molecular complexity index is 335. The van der Waals surface area contributed by atoms with Gasteiger partial charge in [0.1, 0.15) is 5.22 Å². The molecule has 0 bridgehead atoms. The molecule has 0 aromatic carbocycles. The summed E-state index contributed by atoms with van der Waals surface area (Å²) >= 11 is 0. The lowest BCUT2D eigenvalue weighted by molar-refractivity contribution is -0.0149. The molecule has 0 aromatic rings. The van der Waals surface area contributed by atoms with E-state index in [0.29, 0.717) is 0 Å². The molecule has 1 fully saturated rings. The fourth-order valence-corrected chi connectivity index (χ4v) is 8.41. The molecule has 0 aromatic heterocycles. The topological polar surface area (TPSA) is 55.4 Å². The smallest absolute Gasteiger partial charge is 0.396 e. The van der Waals surface area contributed by atoms with Crippen molar-refractivity contribution in [2.24, 2.45) is 0 Å². The summed E-state index contributed by atoms with van der Waals surface area (Å²) in [4.78, 5) is 0. The molecule has 0 amide bonds. The average molecular weight is 381 g/mol. The fourth-order valence-electron chi connectivity index (χ4n) is 3.42. The minimum absolute atomic E-state index is 0.122. The van der Waals surface area contributed by atoms with Crippen molar-refractivity contribution < 1.29 is 26.9 Å². The molecule has 6 nitrogen and oxygen atoms in total. The van der Waals surface area contributed by atoms with Crippen LogP contribution < -0.4 is 0 Å². The van der Waals surface area contributed by atoms with Gasteiger partial charge in [0, 0.05) is 42.7 Å². The lowest BCUT2D eigenvalue weighted by Gasteiger charge is -2.47. The molecule has 1 atom stereocenters. The monoisotopic (exact) mass is 380 g/mol. The van der Waals surface area contributed by atoms with Crippen molar-refractivity contribution >= 4 is 17.4 Å².